The van der Waals surface area contributed by atoms with E-state index in [1.807, 2.05) is 0 Å². The van der Waals surface area contributed by atoms with Gasteiger partial charge in [-0.3, -0.25) is 4.79 Å². The quantitative estimate of drug-likeness (QED) is 0.258. The molecule has 7 fully saturated rings. The monoisotopic (exact) mass is 610 g/mol. The summed E-state index contributed by atoms with van der Waals surface area (Å²) in [5, 5.41) is 54.9. The summed E-state index contributed by atoms with van der Waals surface area (Å²) in [5.74, 6) is 3.45. The van der Waals surface area contributed by atoms with Crippen molar-refractivity contribution in [2.75, 3.05) is 13.2 Å². The molecule has 3 aliphatic heterocycles. The second kappa shape index (κ2) is 11.5. The first-order valence-corrected chi connectivity index (χ1v) is 16.8. The minimum absolute atomic E-state index is 0.131. The van der Waals surface area contributed by atoms with Crippen molar-refractivity contribution in [2.45, 2.75) is 134 Å². The van der Waals surface area contributed by atoms with Crippen molar-refractivity contribution < 1.29 is 49.6 Å². The third kappa shape index (κ3) is 4.97. The Kier molecular flexibility index (Phi) is 8.65. The molecule has 6 N–H and O–H groups in total. The first kappa shape index (κ1) is 32.3. The van der Waals surface area contributed by atoms with Crippen LogP contribution in [0.3, 0.4) is 0 Å². The zero-order valence-corrected chi connectivity index (χ0v) is 26.2. The molecule has 246 valence electrons. The Hall–Kier alpha value is -0.690. The number of ketones is 1. The number of carbonyl (C=O) groups excluding carboxylic acids is 1. The van der Waals surface area contributed by atoms with Crippen molar-refractivity contribution in [1.29, 1.82) is 0 Å². The molecule has 17 atom stereocenters. The number of aliphatic hydroxyl groups excluding tert-OH is 6. The van der Waals surface area contributed by atoms with E-state index in [0.29, 0.717) is 41.3 Å². The van der Waals surface area contributed by atoms with Gasteiger partial charge in [-0.1, -0.05) is 27.7 Å². The van der Waals surface area contributed by atoms with Crippen LogP contribution in [-0.4, -0.2) is 98.3 Å². The summed E-state index contributed by atoms with van der Waals surface area (Å²) in [6.45, 7) is 9.60. The lowest BCUT2D eigenvalue weighted by Crippen LogP contribution is -2.58. The van der Waals surface area contributed by atoms with Crippen molar-refractivity contribution in [3.8, 4) is 0 Å². The summed E-state index contributed by atoms with van der Waals surface area (Å²) in [5.41, 5.74) is -0.0221. The summed E-state index contributed by atoms with van der Waals surface area (Å²) < 4.78 is 17.8. The van der Waals surface area contributed by atoms with Gasteiger partial charge in [0.15, 0.2) is 12.1 Å². The molecule has 1 spiro atoms. The Balaban J connectivity index is 0.000000232. The van der Waals surface area contributed by atoms with Crippen molar-refractivity contribution in [1.82, 2.24) is 0 Å². The van der Waals surface area contributed by atoms with Crippen molar-refractivity contribution in [2.24, 2.45) is 52.3 Å². The highest BCUT2D eigenvalue weighted by Gasteiger charge is 2.71. The Labute approximate surface area is 255 Å². The zero-order chi connectivity index (χ0) is 31.1. The first-order valence-electron chi connectivity index (χ1n) is 16.8. The predicted octanol–water partition coefficient (Wildman–Crippen LogP) is 1.75. The summed E-state index contributed by atoms with van der Waals surface area (Å²) in [6.07, 6.45) is 2.35. The van der Waals surface area contributed by atoms with Gasteiger partial charge >= 0.3 is 0 Å². The highest BCUT2D eigenvalue weighted by Crippen LogP contribution is 2.70. The number of rotatable bonds is 1. The molecule has 0 aromatic rings. The summed E-state index contributed by atoms with van der Waals surface area (Å²) in [6, 6.07) is 0. The second-order valence-electron chi connectivity index (χ2n) is 15.7. The van der Waals surface area contributed by atoms with Gasteiger partial charge in [-0.15, -0.1) is 0 Å². The van der Waals surface area contributed by atoms with Crippen LogP contribution in [0.2, 0.25) is 0 Å². The molecule has 7 aliphatic rings. The lowest BCUT2D eigenvalue weighted by Gasteiger charge is -2.60. The van der Waals surface area contributed by atoms with Crippen LogP contribution in [0.5, 0.6) is 0 Å². The van der Waals surface area contributed by atoms with E-state index in [4.69, 9.17) is 35.0 Å². The lowest BCUT2D eigenvalue weighted by molar-refractivity contribution is -0.286. The number of hydrogen-bond donors (Lipinski definition) is 6. The highest BCUT2D eigenvalue weighted by atomic mass is 16.7. The summed E-state index contributed by atoms with van der Waals surface area (Å²) in [7, 11) is 0. The molecular formula is C33H54O10. The number of fused-ring (bicyclic) bond motifs is 7. The lowest BCUT2D eigenvalue weighted by atomic mass is 9.44. The van der Waals surface area contributed by atoms with Crippen LogP contribution >= 0.6 is 0 Å². The normalized spacial score (nSPS) is 57.7. The van der Waals surface area contributed by atoms with Crippen LogP contribution in [-0.2, 0) is 19.0 Å². The molecule has 0 bridgehead atoms. The van der Waals surface area contributed by atoms with Crippen LogP contribution < -0.4 is 0 Å². The number of aliphatic hydroxyl groups is 6. The van der Waals surface area contributed by atoms with Crippen LogP contribution in [0, 0.1) is 52.3 Å². The summed E-state index contributed by atoms with van der Waals surface area (Å²) >= 11 is 0. The molecule has 0 aromatic heterocycles. The topological polar surface area (TPSA) is 166 Å². The van der Waals surface area contributed by atoms with E-state index in [-0.39, 0.29) is 29.0 Å². The molecule has 0 aromatic carbocycles. The number of Topliss-reactive ketones (excluding diaryl/α,β-unsaturated/α-hetero) is 1. The molecule has 10 nitrogen and oxygen atoms in total. The SMILES string of the molecule is C[C@@H]1CC[C@@]2(OC1)O[C@H]1C[C@H]3[C@@H]4CC[C@H]5C[C@@H](O)CC[C@]5(C)[C@H]4CC(=O)[C@]3(C)[C@H]1[C@@H]2C.OC[C@H]1O[C@@H](O)[C@H](O)[C@@H](O)[C@@H]1O. The number of ether oxygens (including phenoxy) is 3. The Morgan fingerprint density at radius 3 is 2.30 bits per heavy atom. The average molecular weight is 611 g/mol. The largest absolute Gasteiger partial charge is 0.394 e. The number of hydrogen-bond acceptors (Lipinski definition) is 10. The molecule has 4 saturated carbocycles. The Morgan fingerprint density at radius 2 is 1.63 bits per heavy atom. The van der Waals surface area contributed by atoms with Crippen LogP contribution in [0.4, 0.5) is 0 Å². The minimum atomic E-state index is -1.57. The Bertz CT molecular complexity index is 1030. The molecule has 0 radical (unpaired) electrons. The van der Waals surface area contributed by atoms with Crippen LogP contribution in [0.25, 0.3) is 0 Å². The standard InChI is InChI=1S/C27H42O4.C6H12O6/c1-15-7-10-27(30-14-15)16(2)24-22(31-27)12-21-19-6-5-17-11-18(28)8-9-25(17,3)20(19)13-23(29)26(21,24)4;7-1-2-3(8)4(9)5(10)6(11)12-2/h15-22,24,28H,5-14H2,1-4H3;2-11H,1H2/t15-,16+,17+,18+,19-,20+,21+,22+,24+,25+,26-,27-;2-,3-,4+,5-,6-/m11/s1. The fourth-order valence-corrected chi connectivity index (χ4v) is 11.0. The van der Waals surface area contributed by atoms with Crippen molar-refractivity contribution in [3.05, 3.63) is 0 Å². The zero-order valence-electron chi connectivity index (χ0n) is 26.2. The maximum Gasteiger partial charge on any atom is 0.184 e. The fourth-order valence-electron chi connectivity index (χ4n) is 11.0. The Morgan fingerprint density at radius 1 is 0.884 bits per heavy atom. The molecule has 3 heterocycles. The predicted molar refractivity (Wildman–Crippen MR) is 154 cm³/mol. The highest BCUT2D eigenvalue weighted by molar-refractivity contribution is 5.87. The van der Waals surface area contributed by atoms with Crippen LogP contribution in [0.1, 0.15) is 85.5 Å². The van der Waals surface area contributed by atoms with E-state index in [2.05, 4.69) is 32.4 Å². The summed E-state index contributed by atoms with van der Waals surface area (Å²) in [4.78, 5) is 14.0. The first-order chi connectivity index (χ1) is 20.3. The van der Waals surface area contributed by atoms with E-state index in [9.17, 15) is 9.90 Å². The van der Waals surface area contributed by atoms with Gasteiger partial charge in [0, 0.05) is 30.1 Å². The van der Waals surface area contributed by atoms with Gasteiger partial charge in [0.25, 0.3) is 0 Å². The van der Waals surface area contributed by atoms with Gasteiger partial charge in [-0.2, -0.15) is 0 Å². The van der Waals surface area contributed by atoms with Gasteiger partial charge in [0.1, 0.15) is 30.2 Å². The van der Waals surface area contributed by atoms with E-state index >= 15 is 0 Å². The molecule has 0 unspecified atom stereocenters. The maximum atomic E-state index is 14.0. The second-order valence-corrected chi connectivity index (χ2v) is 15.7. The van der Waals surface area contributed by atoms with E-state index < -0.39 is 43.1 Å². The molecular weight excluding hydrogens is 556 g/mol. The molecule has 0 amide bonds. The maximum absolute atomic E-state index is 14.0. The third-order valence-electron chi connectivity index (χ3n) is 13.6. The molecule has 4 aliphatic carbocycles. The van der Waals surface area contributed by atoms with Gasteiger partial charge in [0.05, 0.1) is 25.4 Å². The van der Waals surface area contributed by atoms with Gasteiger partial charge < -0.3 is 44.8 Å². The fraction of sp³-hybridized carbons (Fsp3) is 0.970. The van der Waals surface area contributed by atoms with Crippen LogP contribution in [0.15, 0.2) is 0 Å². The van der Waals surface area contributed by atoms with E-state index in [1.54, 1.807) is 0 Å². The molecule has 43 heavy (non-hydrogen) atoms. The molecule has 7 rings (SSSR count). The smallest absolute Gasteiger partial charge is 0.184 e. The van der Waals surface area contributed by atoms with Crippen molar-refractivity contribution in [3.63, 3.8) is 0 Å². The van der Waals surface area contributed by atoms with Gasteiger partial charge in [-0.25, -0.2) is 0 Å². The molecule has 3 saturated heterocycles. The minimum Gasteiger partial charge on any atom is -0.394 e. The average Bonchev–Trinajstić information content (AvgIpc) is 3.43. The van der Waals surface area contributed by atoms with E-state index in [0.717, 1.165) is 51.6 Å². The van der Waals surface area contributed by atoms with Gasteiger partial charge in [-0.05, 0) is 80.0 Å². The third-order valence-corrected chi connectivity index (χ3v) is 13.6. The van der Waals surface area contributed by atoms with Gasteiger partial charge in [0.2, 0.25) is 0 Å². The number of carbonyl (C=O) groups is 1. The molecule has 10 heteroatoms. The van der Waals surface area contributed by atoms with Crippen molar-refractivity contribution >= 4 is 5.78 Å². The van der Waals surface area contributed by atoms with E-state index in [1.165, 1.54) is 12.8 Å².